The highest BCUT2D eigenvalue weighted by Crippen LogP contribution is 2.29. The third-order valence-corrected chi connectivity index (χ3v) is 7.50. The lowest BCUT2D eigenvalue weighted by Crippen LogP contribution is -2.15. The molecule has 4 rings (SSSR count). The lowest BCUT2D eigenvalue weighted by Gasteiger charge is -2.10. The monoisotopic (exact) mass is 483 g/mol. The minimum absolute atomic E-state index is 0. The van der Waals surface area contributed by atoms with Crippen molar-refractivity contribution in [1.82, 2.24) is 25.5 Å². The largest absolute Gasteiger partial charge is 0.415 e. The summed E-state index contributed by atoms with van der Waals surface area (Å²) in [4.78, 5) is 8.54. The van der Waals surface area contributed by atoms with Crippen LogP contribution in [0, 0.1) is 12.7 Å². The molecule has 2 aromatic carbocycles. The fraction of sp³-hybridized carbons (Fsp3) is 0.250. The molecule has 0 spiro atoms. The van der Waals surface area contributed by atoms with Crippen LogP contribution >= 0.6 is 0 Å². The second-order valence-electron chi connectivity index (χ2n) is 8.07. The molecule has 0 aliphatic carbocycles. The number of hydrogen-bond donors (Lipinski definition) is 1. The van der Waals surface area contributed by atoms with Crippen LogP contribution in [0.15, 0.2) is 58.0 Å². The summed E-state index contributed by atoms with van der Waals surface area (Å²) in [5.41, 5.74) is 3.55. The van der Waals surface area contributed by atoms with Gasteiger partial charge in [-0.2, -0.15) is 0 Å². The average molecular weight is 484 g/mol. The Morgan fingerprint density at radius 2 is 1.74 bits per heavy atom. The Kier molecular flexibility index (Phi) is 6.54. The molecule has 1 N–H and O–H groups in total. The molecule has 0 saturated heterocycles. The van der Waals surface area contributed by atoms with Crippen molar-refractivity contribution in [2.45, 2.75) is 37.5 Å². The molecule has 0 amide bonds. The fourth-order valence-electron chi connectivity index (χ4n) is 3.34. The van der Waals surface area contributed by atoms with Gasteiger partial charge in [0.2, 0.25) is 5.89 Å². The number of nitrogens with one attached hydrogen (secondary N) is 1. The van der Waals surface area contributed by atoms with Gasteiger partial charge in [-0.05, 0) is 57.6 Å². The van der Waals surface area contributed by atoms with Crippen LogP contribution in [0.5, 0.6) is 0 Å². The fourth-order valence-corrected chi connectivity index (χ4v) is 4.44. The standard InChI is InChI=1S/C24H24FN5O3S.H2/c1-14(2)34(31,32)21-10-9-18(11-19(21)25)20-13-27-15(3)22(28-20)24-30-29-23(33-24)17-7-5-16(6-8-17)12-26-4;/h5-11,13-14,26H,12H2,1-4H3;1H. The first-order valence-electron chi connectivity index (χ1n) is 10.7. The van der Waals surface area contributed by atoms with Crippen LogP contribution in [0.2, 0.25) is 0 Å². The van der Waals surface area contributed by atoms with Crippen molar-refractivity contribution < 1.29 is 18.7 Å². The highest BCUT2D eigenvalue weighted by molar-refractivity contribution is 7.92. The Hall–Kier alpha value is -3.50. The van der Waals surface area contributed by atoms with E-state index in [1.807, 2.05) is 31.3 Å². The zero-order valence-electron chi connectivity index (χ0n) is 19.2. The van der Waals surface area contributed by atoms with Crippen molar-refractivity contribution >= 4 is 9.84 Å². The highest BCUT2D eigenvalue weighted by Gasteiger charge is 2.24. The van der Waals surface area contributed by atoms with Crippen LogP contribution in [-0.4, -0.2) is 40.9 Å². The molecule has 2 aromatic heterocycles. The molecule has 34 heavy (non-hydrogen) atoms. The van der Waals surface area contributed by atoms with Gasteiger partial charge in [0.15, 0.2) is 9.84 Å². The van der Waals surface area contributed by atoms with Crippen molar-refractivity contribution in [2.24, 2.45) is 0 Å². The smallest absolute Gasteiger partial charge is 0.268 e. The van der Waals surface area contributed by atoms with E-state index in [0.717, 1.165) is 23.7 Å². The quantitative estimate of drug-likeness (QED) is 0.410. The predicted octanol–water partition coefficient (Wildman–Crippen LogP) is 4.46. The number of nitrogens with zero attached hydrogens (tertiary/aromatic N) is 4. The summed E-state index contributed by atoms with van der Waals surface area (Å²) in [6.45, 7) is 5.52. The Morgan fingerprint density at radius 3 is 2.38 bits per heavy atom. The first kappa shape index (κ1) is 23.7. The van der Waals surface area contributed by atoms with Crippen LogP contribution in [0.25, 0.3) is 34.3 Å². The van der Waals surface area contributed by atoms with Gasteiger partial charge < -0.3 is 9.73 Å². The number of aromatic nitrogens is 4. The minimum atomic E-state index is -3.74. The van der Waals surface area contributed by atoms with Crippen LogP contribution in [0.3, 0.4) is 0 Å². The number of hydrogen-bond acceptors (Lipinski definition) is 8. The maximum atomic E-state index is 14.7. The van der Waals surface area contributed by atoms with Crippen LogP contribution in [0.1, 0.15) is 26.5 Å². The molecule has 0 aliphatic rings. The van der Waals surface area contributed by atoms with Crippen molar-refractivity contribution in [1.29, 1.82) is 0 Å². The van der Waals surface area contributed by atoms with Gasteiger partial charge >= 0.3 is 0 Å². The summed E-state index contributed by atoms with van der Waals surface area (Å²) in [6.07, 6.45) is 1.49. The molecule has 0 atom stereocenters. The molecule has 4 aromatic rings. The van der Waals surface area contributed by atoms with Gasteiger partial charge in [0, 0.05) is 19.1 Å². The molecule has 0 fully saturated rings. The summed E-state index contributed by atoms with van der Waals surface area (Å²) < 4.78 is 45.2. The van der Waals surface area contributed by atoms with Crippen LogP contribution in [-0.2, 0) is 16.4 Å². The number of sulfone groups is 1. The van der Waals surface area contributed by atoms with Gasteiger partial charge in [-0.25, -0.2) is 17.8 Å². The lowest BCUT2D eigenvalue weighted by molar-refractivity contribution is 0.561. The first-order valence-corrected chi connectivity index (χ1v) is 12.2. The topological polar surface area (TPSA) is 111 Å². The Bertz CT molecular complexity index is 1440. The molecule has 0 unspecified atom stereocenters. The zero-order chi connectivity index (χ0) is 24.5. The second kappa shape index (κ2) is 9.40. The predicted molar refractivity (Wildman–Crippen MR) is 128 cm³/mol. The first-order chi connectivity index (χ1) is 16.2. The zero-order valence-corrected chi connectivity index (χ0v) is 20.0. The summed E-state index contributed by atoms with van der Waals surface area (Å²) in [5.74, 6) is -0.315. The minimum Gasteiger partial charge on any atom is -0.415 e. The third-order valence-electron chi connectivity index (χ3n) is 5.32. The number of halogens is 1. The highest BCUT2D eigenvalue weighted by atomic mass is 32.2. The van der Waals surface area contributed by atoms with Crippen molar-refractivity contribution in [3.63, 3.8) is 0 Å². The van der Waals surface area contributed by atoms with Crippen molar-refractivity contribution in [3.8, 4) is 34.3 Å². The maximum absolute atomic E-state index is 14.7. The molecule has 8 nitrogen and oxygen atoms in total. The number of benzene rings is 2. The lowest BCUT2D eigenvalue weighted by atomic mass is 10.1. The molecule has 0 radical (unpaired) electrons. The van der Waals surface area contributed by atoms with Crippen LogP contribution in [0.4, 0.5) is 4.39 Å². The molecular formula is C24H26FN5O3S. The number of aryl methyl sites for hydroxylation is 1. The van der Waals surface area contributed by atoms with Gasteiger partial charge in [0.1, 0.15) is 16.4 Å². The van der Waals surface area contributed by atoms with E-state index in [0.29, 0.717) is 28.5 Å². The molecule has 0 aliphatic heterocycles. The van der Waals surface area contributed by atoms with Gasteiger partial charge in [0.25, 0.3) is 5.89 Å². The second-order valence-corrected chi connectivity index (χ2v) is 10.5. The van der Waals surface area contributed by atoms with Crippen molar-refractivity contribution in [3.05, 3.63) is 65.7 Å². The molecule has 10 heteroatoms. The van der Waals surface area contributed by atoms with E-state index >= 15 is 0 Å². The Morgan fingerprint density at radius 1 is 1.06 bits per heavy atom. The van der Waals surface area contributed by atoms with Gasteiger partial charge in [-0.15, -0.1) is 10.2 Å². The van der Waals surface area contributed by atoms with E-state index in [-0.39, 0.29) is 12.2 Å². The van der Waals surface area contributed by atoms with E-state index in [1.165, 1.54) is 32.2 Å². The Labute approximate surface area is 198 Å². The molecule has 0 saturated carbocycles. The molecular weight excluding hydrogens is 457 g/mol. The van der Waals surface area contributed by atoms with E-state index < -0.39 is 20.9 Å². The van der Waals surface area contributed by atoms with Crippen molar-refractivity contribution in [2.75, 3.05) is 7.05 Å². The van der Waals surface area contributed by atoms with E-state index in [9.17, 15) is 12.8 Å². The molecule has 0 bridgehead atoms. The van der Waals surface area contributed by atoms with E-state index in [1.54, 1.807) is 6.92 Å². The third kappa shape index (κ3) is 4.59. The molecule has 2 heterocycles. The summed E-state index contributed by atoms with van der Waals surface area (Å²) in [6, 6.07) is 11.6. The van der Waals surface area contributed by atoms with Gasteiger partial charge in [0.05, 0.1) is 22.8 Å². The van der Waals surface area contributed by atoms with Crippen LogP contribution < -0.4 is 5.32 Å². The van der Waals surface area contributed by atoms with Gasteiger partial charge in [-0.1, -0.05) is 18.2 Å². The summed E-state index contributed by atoms with van der Waals surface area (Å²) in [5, 5.41) is 10.6. The maximum Gasteiger partial charge on any atom is 0.268 e. The molecule has 178 valence electrons. The van der Waals surface area contributed by atoms with E-state index in [2.05, 4.69) is 25.5 Å². The number of rotatable bonds is 7. The van der Waals surface area contributed by atoms with Gasteiger partial charge in [-0.3, -0.25) is 4.98 Å². The van der Waals surface area contributed by atoms with E-state index in [4.69, 9.17) is 4.42 Å². The SMILES string of the molecule is CNCc1ccc(-c2nnc(-c3nc(-c4ccc(S(=O)(=O)C(C)C)c(F)c4)cnc3C)o2)cc1.[HH]. The summed E-state index contributed by atoms with van der Waals surface area (Å²) >= 11 is 0. The summed E-state index contributed by atoms with van der Waals surface area (Å²) in [7, 11) is -1.86. The Balaban J connectivity index is 0.00000342. The average Bonchev–Trinajstić information content (AvgIpc) is 3.30. The normalized spacial score (nSPS) is 11.8.